The molecule has 1 heterocycles. The van der Waals surface area contributed by atoms with Crippen LogP contribution in [-0.4, -0.2) is 13.9 Å². The summed E-state index contributed by atoms with van der Waals surface area (Å²) in [4.78, 5) is 0. The summed E-state index contributed by atoms with van der Waals surface area (Å²) in [7, 11) is -1.79. The predicted octanol–water partition coefficient (Wildman–Crippen LogP) is 5.49. The van der Waals surface area contributed by atoms with E-state index in [-0.39, 0.29) is 5.60 Å². The highest BCUT2D eigenvalue weighted by atomic mass is 28.4. The molecule has 1 aliphatic heterocycles. The highest BCUT2D eigenvalue weighted by Gasteiger charge is 2.49. The maximum Gasteiger partial charge on any atom is 0.215 e. The van der Waals surface area contributed by atoms with Crippen LogP contribution in [0.4, 0.5) is 0 Å². The minimum atomic E-state index is -1.79. The molecule has 1 aromatic rings. The molecular formula is C19H26OSi. The second-order valence-corrected chi connectivity index (χ2v) is 10.8. The average Bonchev–Trinajstić information content (AvgIpc) is 2.73. The second kappa shape index (κ2) is 5.58. The first-order valence-corrected chi connectivity index (χ1v) is 11.1. The molecule has 1 aromatic carbocycles. The Hall–Kier alpha value is -1.12. The van der Waals surface area contributed by atoms with Gasteiger partial charge in [0.2, 0.25) is 8.32 Å². The molecule has 0 atom stereocenters. The minimum Gasteiger partial charge on any atom is -0.407 e. The molecule has 1 spiro atoms. The lowest BCUT2D eigenvalue weighted by Crippen LogP contribution is -2.37. The number of hydrogen-bond donors (Lipinski definition) is 0. The standard InChI is InChI=1S/C19H26OSi/c1-4-17(16-11-7-5-8-12-16)18-15-19(20-21(18,2)3)13-9-6-10-14-19/h4-5,7-8,11-12H,1,6,9-10,13-15H2,2-3H3/b18-17+. The first kappa shape index (κ1) is 14.8. The number of benzene rings is 1. The topological polar surface area (TPSA) is 9.23 Å². The van der Waals surface area contributed by atoms with Crippen LogP contribution < -0.4 is 0 Å². The van der Waals surface area contributed by atoms with Crippen molar-refractivity contribution in [3.05, 3.63) is 53.7 Å². The molecule has 0 amide bonds. The Balaban J connectivity index is 2.03. The van der Waals surface area contributed by atoms with Gasteiger partial charge >= 0.3 is 0 Å². The fraction of sp³-hybridized carbons (Fsp3) is 0.474. The highest BCUT2D eigenvalue weighted by Crippen LogP contribution is 2.49. The molecule has 0 radical (unpaired) electrons. The monoisotopic (exact) mass is 298 g/mol. The van der Waals surface area contributed by atoms with E-state index in [1.54, 1.807) is 5.20 Å². The van der Waals surface area contributed by atoms with E-state index in [2.05, 4.69) is 50.0 Å². The van der Waals surface area contributed by atoms with Crippen molar-refractivity contribution < 1.29 is 4.43 Å². The summed E-state index contributed by atoms with van der Waals surface area (Å²) in [5.74, 6) is 0. The maximum absolute atomic E-state index is 6.73. The summed E-state index contributed by atoms with van der Waals surface area (Å²) in [6, 6.07) is 10.7. The van der Waals surface area contributed by atoms with Gasteiger partial charge in [0.15, 0.2) is 0 Å². The Morgan fingerprint density at radius 2 is 1.81 bits per heavy atom. The van der Waals surface area contributed by atoms with Gasteiger partial charge in [-0.1, -0.05) is 62.2 Å². The normalized spacial score (nSPS) is 25.8. The lowest BCUT2D eigenvalue weighted by Gasteiger charge is -2.34. The molecule has 2 aliphatic rings. The molecule has 0 bridgehead atoms. The zero-order valence-electron chi connectivity index (χ0n) is 13.3. The first-order valence-electron chi connectivity index (χ1n) is 8.18. The van der Waals surface area contributed by atoms with E-state index in [9.17, 15) is 0 Å². The van der Waals surface area contributed by atoms with E-state index in [1.165, 1.54) is 43.2 Å². The van der Waals surface area contributed by atoms with Crippen LogP contribution in [0.1, 0.15) is 44.1 Å². The van der Waals surface area contributed by atoms with E-state index in [1.807, 2.05) is 6.08 Å². The zero-order valence-corrected chi connectivity index (χ0v) is 14.3. The van der Waals surface area contributed by atoms with E-state index >= 15 is 0 Å². The molecule has 1 aliphatic carbocycles. The lowest BCUT2D eigenvalue weighted by atomic mass is 9.82. The maximum atomic E-state index is 6.73. The third-order valence-electron chi connectivity index (χ3n) is 5.08. The fourth-order valence-electron chi connectivity index (χ4n) is 4.10. The number of hydrogen-bond acceptors (Lipinski definition) is 1. The van der Waals surface area contributed by atoms with Crippen molar-refractivity contribution in [1.82, 2.24) is 0 Å². The minimum absolute atomic E-state index is 0.145. The molecule has 2 heteroatoms. The summed E-state index contributed by atoms with van der Waals surface area (Å²) in [5, 5.41) is 1.56. The van der Waals surface area contributed by atoms with Crippen molar-refractivity contribution in [3.63, 3.8) is 0 Å². The molecule has 1 saturated carbocycles. The summed E-state index contributed by atoms with van der Waals surface area (Å²) < 4.78 is 6.73. The summed E-state index contributed by atoms with van der Waals surface area (Å²) in [5.41, 5.74) is 2.76. The quantitative estimate of drug-likeness (QED) is 0.656. The van der Waals surface area contributed by atoms with Crippen molar-refractivity contribution in [2.75, 3.05) is 0 Å². The van der Waals surface area contributed by atoms with Crippen LogP contribution in [0, 0.1) is 0 Å². The molecule has 2 fully saturated rings. The molecule has 3 rings (SSSR count). The molecule has 1 saturated heterocycles. The highest BCUT2D eigenvalue weighted by molar-refractivity contribution is 6.80. The Bertz CT molecular complexity index is 550. The number of allylic oxidation sites excluding steroid dienone is 2. The predicted molar refractivity (Wildman–Crippen MR) is 92.6 cm³/mol. The van der Waals surface area contributed by atoms with Gasteiger partial charge in [0.25, 0.3) is 0 Å². The SMILES string of the molecule is C=C/C(=C1/CC2(CCCCC2)O[Si]1(C)C)c1ccccc1. The van der Waals surface area contributed by atoms with E-state index in [0.29, 0.717) is 0 Å². The smallest absolute Gasteiger partial charge is 0.215 e. The summed E-state index contributed by atoms with van der Waals surface area (Å²) in [6.45, 7) is 8.81. The largest absolute Gasteiger partial charge is 0.407 e. The molecular weight excluding hydrogens is 272 g/mol. The van der Waals surface area contributed by atoms with Crippen molar-refractivity contribution in [2.24, 2.45) is 0 Å². The zero-order chi connectivity index (χ0) is 14.9. The van der Waals surface area contributed by atoms with Crippen molar-refractivity contribution in [3.8, 4) is 0 Å². The Morgan fingerprint density at radius 1 is 1.14 bits per heavy atom. The molecule has 21 heavy (non-hydrogen) atoms. The van der Waals surface area contributed by atoms with Crippen LogP contribution >= 0.6 is 0 Å². The van der Waals surface area contributed by atoms with Crippen LogP contribution in [0.2, 0.25) is 13.1 Å². The van der Waals surface area contributed by atoms with Crippen LogP contribution in [0.5, 0.6) is 0 Å². The van der Waals surface area contributed by atoms with E-state index in [0.717, 1.165) is 6.42 Å². The van der Waals surface area contributed by atoms with E-state index < -0.39 is 8.32 Å². The van der Waals surface area contributed by atoms with Crippen LogP contribution in [-0.2, 0) is 4.43 Å². The van der Waals surface area contributed by atoms with Gasteiger partial charge in [-0.2, -0.15) is 0 Å². The van der Waals surface area contributed by atoms with Gasteiger partial charge in [0, 0.05) is 0 Å². The van der Waals surface area contributed by atoms with Crippen molar-refractivity contribution in [1.29, 1.82) is 0 Å². The van der Waals surface area contributed by atoms with Gasteiger partial charge in [-0.25, -0.2) is 0 Å². The van der Waals surface area contributed by atoms with Crippen LogP contribution in [0.15, 0.2) is 48.2 Å². The molecule has 112 valence electrons. The molecule has 1 nitrogen and oxygen atoms in total. The van der Waals surface area contributed by atoms with Gasteiger partial charge in [-0.05, 0) is 48.7 Å². The van der Waals surface area contributed by atoms with Gasteiger partial charge in [0.1, 0.15) is 0 Å². The molecule has 0 aromatic heterocycles. The van der Waals surface area contributed by atoms with Gasteiger partial charge < -0.3 is 4.43 Å². The average molecular weight is 299 g/mol. The second-order valence-electron chi connectivity index (χ2n) is 7.00. The van der Waals surface area contributed by atoms with Crippen LogP contribution in [0.3, 0.4) is 0 Å². The third-order valence-corrected chi connectivity index (χ3v) is 7.92. The summed E-state index contributed by atoms with van der Waals surface area (Å²) >= 11 is 0. The Labute approximate surface area is 129 Å². The van der Waals surface area contributed by atoms with Gasteiger partial charge in [-0.3, -0.25) is 0 Å². The Morgan fingerprint density at radius 3 is 2.43 bits per heavy atom. The fourth-order valence-corrected chi connectivity index (χ4v) is 7.23. The van der Waals surface area contributed by atoms with Gasteiger partial charge in [-0.15, -0.1) is 0 Å². The molecule has 0 N–H and O–H groups in total. The van der Waals surface area contributed by atoms with E-state index in [4.69, 9.17) is 4.43 Å². The van der Waals surface area contributed by atoms with Gasteiger partial charge in [0.05, 0.1) is 5.60 Å². The lowest BCUT2D eigenvalue weighted by molar-refractivity contribution is 0.0449. The van der Waals surface area contributed by atoms with Crippen molar-refractivity contribution >= 4 is 13.9 Å². The summed E-state index contributed by atoms with van der Waals surface area (Å²) in [6.07, 6.45) is 9.68. The van der Waals surface area contributed by atoms with Crippen LogP contribution in [0.25, 0.3) is 5.57 Å². The number of rotatable bonds is 2. The Kier molecular flexibility index (Phi) is 3.93. The third kappa shape index (κ3) is 2.79. The molecule has 0 unspecified atom stereocenters. The van der Waals surface area contributed by atoms with Crippen molar-refractivity contribution in [2.45, 2.75) is 57.2 Å². The first-order chi connectivity index (χ1) is 10.1.